The van der Waals surface area contributed by atoms with Gasteiger partial charge in [-0.15, -0.1) is 0 Å². The molecule has 0 atom stereocenters. The maximum Gasteiger partial charge on any atom is 0.137 e. The van der Waals surface area contributed by atoms with Gasteiger partial charge >= 0.3 is 0 Å². The van der Waals surface area contributed by atoms with Crippen molar-refractivity contribution in [3.63, 3.8) is 0 Å². The number of rotatable bonds is 5. The number of hydrogen-bond donors (Lipinski definition) is 1. The average molecular weight is 312 g/mol. The summed E-state index contributed by atoms with van der Waals surface area (Å²) in [4.78, 5) is 0. The number of halogens is 2. The monoisotopic (exact) mass is 311 g/mol. The summed E-state index contributed by atoms with van der Waals surface area (Å²) in [6.07, 6.45) is 2.80. The fraction of sp³-hybridized carbons (Fsp3) is 0.308. The summed E-state index contributed by atoms with van der Waals surface area (Å²) in [6.45, 7) is 1.49. The molecule has 0 saturated carbocycles. The van der Waals surface area contributed by atoms with Crippen LogP contribution in [0.5, 0.6) is 0 Å². The van der Waals surface area contributed by atoms with Crippen LogP contribution in [0.25, 0.3) is 0 Å². The van der Waals surface area contributed by atoms with Crippen LogP contribution in [0, 0.1) is 5.82 Å². The molecule has 3 nitrogen and oxygen atoms in total. The van der Waals surface area contributed by atoms with E-state index in [9.17, 15) is 4.39 Å². The molecule has 1 N–H and O–H groups in total. The van der Waals surface area contributed by atoms with Crippen molar-refractivity contribution in [2.45, 2.75) is 13.0 Å². The fourth-order valence-corrected chi connectivity index (χ4v) is 1.94. The SMILES string of the molecule is Cn1ccc(CCNCc2ccc(Br)c(F)c2)n1. The Balaban J connectivity index is 1.76. The number of aryl methyl sites for hydroxylation is 1. The Morgan fingerprint density at radius 3 is 2.89 bits per heavy atom. The van der Waals surface area contributed by atoms with Gasteiger partial charge in [0.25, 0.3) is 0 Å². The van der Waals surface area contributed by atoms with E-state index in [1.54, 1.807) is 10.7 Å². The smallest absolute Gasteiger partial charge is 0.137 e. The van der Waals surface area contributed by atoms with E-state index in [-0.39, 0.29) is 5.82 Å². The maximum absolute atomic E-state index is 13.3. The molecular weight excluding hydrogens is 297 g/mol. The normalized spacial score (nSPS) is 10.8. The van der Waals surface area contributed by atoms with Gasteiger partial charge in [0.15, 0.2) is 0 Å². The third-order valence-electron chi connectivity index (χ3n) is 2.64. The van der Waals surface area contributed by atoms with E-state index >= 15 is 0 Å². The summed E-state index contributed by atoms with van der Waals surface area (Å²) in [5.74, 6) is -0.223. The van der Waals surface area contributed by atoms with E-state index in [2.05, 4.69) is 26.3 Å². The van der Waals surface area contributed by atoms with Crippen LogP contribution in [0.2, 0.25) is 0 Å². The Morgan fingerprint density at radius 1 is 1.39 bits per heavy atom. The van der Waals surface area contributed by atoms with E-state index < -0.39 is 0 Å². The largest absolute Gasteiger partial charge is 0.312 e. The molecule has 0 amide bonds. The molecular formula is C13H15BrFN3. The molecule has 0 aliphatic rings. The minimum Gasteiger partial charge on any atom is -0.312 e. The second-order valence-corrected chi connectivity index (χ2v) is 5.01. The lowest BCUT2D eigenvalue weighted by Gasteiger charge is -2.04. The summed E-state index contributed by atoms with van der Waals surface area (Å²) in [7, 11) is 1.90. The molecule has 0 fully saturated rings. The maximum atomic E-state index is 13.3. The van der Waals surface area contributed by atoms with Crippen molar-refractivity contribution in [2.24, 2.45) is 7.05 Å². The van der Waals surface area contributed by atoms with Crippen LogP contribution in [0.15, 0.2) is 34.9 Å². The molecule has 0 bridgehead atoms. The van der Waals surface area contributed by atoms with Gasteiger partial charge in [-0.05, 0) is 39.7 Å². The van der Waals surface area contributed by atoms with Gasteiger partial charge in [-0.25, -0.2) is 4.39 Å². The van der Waals surface area contributed by atoms with Crippen LogP contribution in [0.1, 0.15) is 11.3 Å². The predicted molar refractivity (Wildman–Crippen MR) is 72.7 cm³/mol. The van der Waals surface area contributed by atoms with Crippen LogP contribution in [-0.4, -0.2) is 16.3 Å². The van der Waals surface area contributed by atoms with E-state index in [1.807, 2.05) is 25.4 Å². The summed E-state index contributed by atoms with van der Waals surface area (Å²) < 4.78 is 15.6. The molecule has 0 aliphatic heterocycles. The van der Waals surface area contributed by atoms with Crippen molar-refractivity contribution < 1.29 is 4.39 Å². The second-order valence-electron chi connectivity index (χ2n) is 4.16. The molecule has 0 aliphatic carbocycles. The number of benzene rings is 1. The number of aromatic nitrogens is 2. The highest BCUT2D eigenvalue weighted by molar-refractivity contribution is 9.10. The summed E-state index contributed by atoms with van der Waals surface area (Å²) in [6, 6.07) is 7.17. The van der Waals surface area contributed by atoms with Gasteiger partial charge in [0.1, 0.15) is 5.82 Å². The number of hydrogen-bond acceptors (Lipinski definition) is 2. The zero-order valence-corrected chi connectivity index (χ0v) is 11.7. The van der Waals surface area contributed by atoms with Gasteiger partial charge in [0.2, 0.25) is 0 Å². The van der Waals surface area contributed by atoms with E-state index in [1.165, 1.54) is 6.07 Å². The molecule has 5 heteroatoms. The zero-order chi connectivity index (χ0) is 13.0. The van der Waals surface area contributed by atoms with Gasteiger partial charge in [0.05, 0.1) is 10.2 Å². The topological polar surface area (TPSA) is 29.9 Å². The Hall–Kier alpha value is -1.20. The van der Waals surface area contributed by atoms with E-state index in [0.717, 1.165) is 24.2 Å². The van der Waals surface area contributed by atoms with E-state index in [4.69, 9.17) is 0 Å². The average Bonchev–Trinajstić information content (AvgIpc) is 2.75. The van der Waals surface area contributed by atoms with Crippen LogP contribution < -0.4 is 5.32 Å². The standard InChI is InChI=1S/C13H15BrFN3/c1-18-7-5-11(17-18)4-6-16-9-10-2-3-12(14)13(15)8-10/h2-3,5,7-8,16H,4,6,9H2,1H3. The molecule has 2 aromatic rings. The van der Waals surface area contributed by atoms with Gasteiger partial charge in [-0.3, -0.25) is 4.68 Å². The lowest BCUT2D eigenvalue weighted by molar-refractivity contribution is 0.613. The minimum atomic E-state index is -0.223. The molecule has 1 heterocycles. The van der Waals surface area contributed by atoms with Gasteiger partial charge < -0.3 is 5.32 Å². The Bertz CT molecular complexity index is 525. The molecule has 0 radical (unpaired) electrons. The molecule has 96 valence electrons. The molecule has 0 unspecified atom stereocenters. The first-order valence-corrected chi connectivity index (χ1v) is 6.57. The van der Waals surface area contributed by atoms with Gasteiger partial charge in [0, 0.05) is 32.8 Å². The zero-order valence-electron chi connectivity index (χ0n) is 10.2. The number of nitrogens with zero attached hydrogens (tertiary/aromatic N) is 2. The highest BCUT2D eigenvalue weighted by atomic mass is 79.9. The van der Waals surface area contributed by atoms with Crippen molar-refractivity contribution in [3.8, 4) is 0 Å². The summed E-state index contributed by atoms with van der Waals surface area (Å²) >= 11 is 3.14. The second kappa shape index (κ2) is 6.11. The van der Waals surface area contributed by atoms with Crippen LogP contribution in [0.3, 0.4) is 0 Å². The third kappa shape index (κ3) is 3.65. The first-order chi connectivity index (χ1) is 8.65. The van der Waals surface area contributed by atoms with Crippen molar-refractivity contribution in [3.05, 3.63) is 52.0 Å². The van der Waals surface area contributed by atoms with Crippen molar-refractivity contribution >= 4 is 15.9 Å². The Labute approximate surface area is 114 Å². The van der Waals surface area contributed by atoms with E-state index in [0.29, 0.717) is 11.0 Å². The molecule has 0 saturated heterocycles. The van der Waals surface area contributed by atoms with Crippen LogP contribution >= 0.6 is 15.9 Å². The highest BCUT2D eigenvalue weighted by Crippen LogP contribution is 2.16. The van der Waals surface area contributed by atoms with Crippen molar-refractivity contribution in [1.29, 1.82) is 0 Å². The van der Waals surface area contributed by atoms with Gasteiger partial charge in [-0.1, -0.05) is 6.07 Å². The fourth-order valence-electron chi connectivity index (χ4n) is 1.70. The molecule has 0 spiro atoms. The quantitative estimate of drug-likeness (QED) is 0.860. The minimum absolute atomic E-state index is 0.223. The third-order valence-corrected chi connectivity index (χ3v) is 3.28. The Morgan fingerprint density at radius 2 is 2.22 bits per heavy atom. The summed E-state index contributed by atoms with van der Waals surface area (Å²) in [5, 5.41) is 7.57. The molecule has 1 aromatic heterocycles. The van der Waals surface area contributed by atoms with Gasteiger partial charge in [-0.2, -0.15) is 5.10 Å². The lowest BCUT2D eigenvalue weighted by atomic mass is 10.2. The predicted octanol–water partition coefficient (Wildman–Crippen LogP) is 2.65. The Kier molecular flexibility index (Phi) is 4.49. The molecule has 18 heavy (non-hydrogen) atoms. The highest BCUT2D eigenvalue weighted by Gasteiger charge is 2.01. The lowest BCUT2D eigenvalue weighted by Crippen LogP contribution is -2.17. The first kappa shape index (κ1) is 13.2. The van der Waals surface area contributed by atoms with Crippen molar-refractivity contribution in [1.82, 2.24) is 15.1 Å². The molecule has 1 aromatic carbocycles. The summed E-state index contributed by atoms with van der Waals surface area (Å²) in [5.41, 5.74) is 2.00. The van der Waals surface area contributed by atoms with Crippen molar-refractivity contribution in [2.75, 3.05) is 6.54 Å². The number of nitrogens with one attached hydrogen (secondary N) is 1. The van der Waals surface area contributed by atoms with Crippen LogP contribution in [0.4, 0.5) is 4.39 Å². The van der Waals surface area contributed by atoms with Crippen LogP contribution in [-0.2, 0) is 20.0 Å². The first-order valence-electron chi connectivity index (χ1n) is 5.78. The molecule has 2 rings (SSSR count).